The van der Waals surface area contributed by atoms with Crippen LogP contribution in [0.15, 0.2) is 58.5 Å². The third-order valence-corrected chi connectivity index (χ3v) is 5.75. The summed E-state index contributed by atoms with van der Waals surface area (Å²) in [7, 11) is 0. The molecule has 1 N–H and O–H groups in total. The summed E-state index contributed by atoms with van der Waals surface area (Å²) in [4.78, 5) is 16.6. The number of amides is 1. The third-order valence-electron chi connectivity index (χ3n) is 3.88. The van der Waals surface area contributed by atoms with E-state index in [1.165, 1.54) is 5.56 Å². The normalized spacial score (nSPS) is 12.0. The van der Waals surface area contributed by atoms with Gasteiger partial charge in [-0.3, -0.25) is 4.79 Å². The van der Waals surface area contributed by atoms with Crippen LogP contribution in [-0.4, -0.2) is 22.7 Å². The van der Waals surface area contributed by atoms with Gasteiger partial charge in [-0.05, 0) is 37.5 Å². The van der Waals surface area contributed by atoms with Crippen LogP contribution >= 0.6 is 23.1 Å². The highest BCUT2D eigenvalue weighted by Gasteiger charge is 2.10. The van der Waals surface area contributed by atoms with Crippen molar-refractivity contribution in [2.75, 3.05) is 5.75 Å². The molecule has 0 aliphatic carbocycles. The van der Waals surface area contributed by atoms with Crippen molar-refractivity contribution in [1.82, 2.24) is 10.3 Å². The van der Waals surface area contributed by atoms with E-state index in [0.717, 1.165) is 35.1 Å². The van der Waals surface area contributed by atoms with Crippen LogP contribution in [0.5, 0.6) is 0 Å². The molecule has 6 heteroatoms. The molecule has 1 amide bonds. The average molecular weight is 387 g/mol. The molecule has 3 aromatic rings. The predicted molar refractivity (Wildman–Crippen MR) is 108 cm³/mol. The summed E-state index contributed by atoms with van der Waals surface area (Å²) in [5.74, 6) is 2.04. The van der Waals surface area contributed by atoms with Crippen molar-refractivity contribution >= 4 is 29.0 Å². The molecule has 3 rings (SSSR count). The standard InChI is InChI=1S/C20H22N2O2S2/c1-15(9-10-16-6-3-2-4-7-16)21-19(23)14-25-12-17-13-26-20(22-17)18-8-5-11-24-18/h2-8,11,13,15H,9-10,12,14H2,1H3,(H,21,23). The first-order valence-corrected chi connectivity index (χ1v) is 10.6. The van der Waals surface area contributed by atoms with Gasteiger partial charge in [-0.2, -0.15) is 0 Å². The number of nitrogens with one attached hydrogen (secondary N) is 1. The summed E-state index contributed by atoms with van der Waals surface area (Å²) in [6, 6.07) is 14.3. The summed E-state index contributed by atoms with van der Waals surface area (Å²) in [5, 5.41) is 5.97. The smallest absolute Gasteiger partial charge is 0.230 e. The maximum Gasteiger partial charge on any atom is 0.230 e. The van der Waals surface area contributed by atoms with Gasteiger partial charge in [-0.25, -0.2) is 4.98 Å². The van der Waals surface area contributed by atoms with E-state index < -0.39 is 0 Å². The van der Waals surface area contributed by atoms with Gasteiger partial charge in [0.05, 0.1) is 17.7 Å². The fourth-order valence-electron chi connectivity index (χ4n) is 2.55. The van der Waals surface area contributed by atoms with Crippen LogP contribution in [0.4, 0.5) is 0 Å². The molecule has 2 heterocycles. The molecule has 0 saturated carbocycles. The quantitative estimate of drug-likeness (QED) is 0.575. The molecule has 0 bridgehead atoms. The van der Waals surface area contributed by atoms with Crippen molar-refractivity contribution in [3.8, 4) is 10.8 Å². The first kappa shape index (κ1) is 18.7. The van der Waals surface area contributed by atoms with Gasteiger partial charge >= 0.3 is 0 Å². The van der Waals surface area contributed by atoms with Crippen LogP contribution in [0.1, 0.15) is 24.6 Å². The Morgan fingerprint density at radius 2 is 2.12 bits per heavy atom. The third kappa shape index (κ3) is 5.75. The molecule has 1 atom stereocenters. The highest BCUT2D eigenvalue weighted by molar-refractivity contribution is 7.99. The van der Waals surface area contributed by atoms with Crippen molar-refractivity contribution in [3.63, 3.8) is 0 Å². The maximum absolute atomic E-state index is 12.1. The minimum Gasteiger partial charge on any atom is -0.462 e. The zero-order valence-electron chi connectivity index (χ0n) is 14.7. The second kappa shape index (κ2) is 9.59. The van der Waals surface area contributed by atoms with Crippen molar-refractivity contribution in [2.24, 2.45) is 0 Å². The molecule has 2 aromatic heterocycles. The number of thioether (sulfide) groups is 1. The zero-order chi connectivity index (χ0) is 18.2. The van der Waals surface area contributed by atoms with Crippen molar-refractivity contribution in [1.29, 1.82) is 0 Å². The van der Waals surface area contributed by atoms with E-state index >= 15 is 0 Å². The van der Waals surface area contributed by atoms with Gasteiger partial charge in [0.15, 0.2) is 10.8 Å². The Balaban J connectivity index is 1.35. The van der Waals surface area contributed by atoms with Gasteiger partial charge in [-0.1, -0.05) is 30.3 Å². The van der Waals surface area contributed by atoms with Gasteiger partial charge in [0.25, 0.3) is 0 Å². The van der Waals surface area contributed by atoms with Crippen molar-refractivity contribution in [2.45, 2.75) is 31.6 Å². The number of carbonyl (C=O) groups excluding carboxylic acids is 1. The molecule has 26 heavy (non-hydrogen) atoms. The molecule has 1 unspecified atom stereocenters. The Morgan fingerprint density at radius 1 is 1.27 bits per heavy atom. The molecule has 0 aliphatic heterocycles. The minimum absolute atomic E-state index is 0.0806. The Hall–Kier alpha value is -2.05. The minimum atomic E-state index is 0.0806. The van der Waals surface area contributed by atoms with E-state index in [9.17, 15) is 4.79 Å². The predicted octanol–water partition coefficient (Wildman–Crippen LogP) is 4.77. The van der Waals surface area contributed by atoms with E-state index in [1.807, 2.05) is 35.7 Å². The maximum atomic E-state index is 12.1. The summed E-state index contributed by atoms with van der Waals surface area (Å²) in [6.45, 7) is 2.06. The molecule has 0 fully saturated rings. The van der Waals surface area contributed by atoms with Crippen LogP contribution in [0.25, 0.3) is 10.8 Å². The topological polar surface area (TPSA) is 55.1 Å². The summed E-state index contributed by atoms with van der Waals surface area (Å²) in [5.41, 5.74) is 2.29. The van der Waals surface area contributed by atoms with E-state index in [4.69, 9.17) is 4.42 Å². The van der Waals surface area contributed by atoms with Gasteiger partial charge < -0.3 is 9.73 Å². The van der Waals surface area contributed by atoms with E-state index in [0.29, 0.717) is 5.75 Å². The second-order valence-electron chi connectivity index (χ2n) is 6.11. The van der Waals surface area contributed by atoms with Crippen LogP contribution in [0.2, 0.25) is 0 Å². The molecular weight excluding hydrogens is 364 g/mol. The number of rotatable bonds is 9. The lowest BCUT2D eigenvalue weighted by Gasteiger charge is -2.13. The second-order valence-corrected chi connectivity index (χ2v) is 7.95. The fraction of sp³-hybridized carbons (Fsp3) is 0.300. The number of aryl methyl sites for hydroxylation is 1. The molecule has 136 valence electrons. The van der Waals surface area contributed by atoms with Crippen molar-refractivity contribution in [3.05, 3.63) is 65.4 Å². The van der Waals surface area contributed by atoms with Gasteiger partial charge in [0.2, 0.25) is 5.91 Å². The highest BCUT2D eigenvalue weighted by Crippen LogP contribution is 2.25. The van der Waals surface area contributed by atoms with Crippen molar-refractivity contribution < 1.29 is 9.21 Å². The van der Waals surface area contributed by atoms with E-state index in [1.54, 1.807) is 29.4 Å². The van der Waals surface area contributed by atoms with E-state index in [-0.39, 0.29) is 11.9 Å². The number of benzene rings is 1. The number of hydrogen-bond donors (Lipinski definition) is 1. The molecule has 0 saturated heterocycles. The number of carbonyl (C=O) groups is 1. The number of thiazole rings is 1. The number of aromatic nitrogens is 1. The van der Waals surface area contributed by atoms with Crippen LogP contribution < -0.4 is 5.32 Å². The Labute approximate surface area is 162 Å². The van der Waals surface area contributed by atoms with Crippen LogP contribution in [0, 0.1) is 0 Å². The SMILES string of the molecule is CC(CCc1ccccc1)NC(=O)CSCc1csc(-c2ccco2)n1. The Bertz CT molecular complexity index is 800. The molecular formula is C20H22N2O2S2. The molecule has 1 aromatic carbocycles. The molecule has 0 radical (unpaired) electrons. The lowest BCUT2D eigenvalue weighted by Crippen LogP contribution is -2.34. The first-order chi connectivity index (χ1) is 12.7. The van der Waals surface area contributed by atoms with Crippen LogP contribution in [0.3, 0.4) is 0 Å². The van der Waals surface area contributed by atoms with Gasteiger partial charge in [0, 0.05) is 17.2 Å². The van der Waals surface area contributed by atoms with Crippen LogP contribution in [-0.2, 0) is 17.0 Å². The fourth-order valence-corrected chi connectivity index (χ4v) is 4.17. The highest BCUT2D eigenvalue weighted by atomic mass is 32.2. The number of hydrogen-bond acceptors (Lipinski definition) is 5. The van der Waals surface area contributed by atoms with E-state index in [2.05, 4.69) is 29.4 Å². The Morgan fingerprint density at radius 3 is 2.88 bits per heavy atom. The number of furan rings is 1. The Kier molecular flexibility index (Phi) is 6.91. The molecule has 0 aliphatic rings. The van der Waals surface area contributed by atoms with Gasteiger partial charge in [-0.15, -0.1) is 23.1 Å². The summed E-state index contributed by atoms with van der Waals surface area (Å²) < 4.78 is 5.35. The largest absolute Gasteiger partial charge is 0.462 e. The number of nitrogens with zero attached hydrogens (tertiary/aromatic N) is 1. The lowest BCUT2D eigenvalue weighted by molar-refractivity contribution is -0.119. The zero-order valence-corrected chi connectivity index (χ0v) is 16.3. The first-order valence-electron chi connectivity index (χ1n) is 8.60. The molecule has 4 nitrogen and oxygen atoms in total. The average Bonchev–Trinajstić information content (AvgIpc) is 3.32. The van der Waals surface area contributed by atoms with Gasteiger partial charge in [0.1, 0.15) is 0 Å². The lowest BCUT2D eigenvalue weighted by atomic mass is 10.1. The summed E-state index contributed by atoms with van der Waals surface area (Å²) in [6.07, 6.45) is 3.57. The molecule has 0 spiro atoms. The summed E-state index contributed by atoms with van der Waals surface area (Å²) >= 11 is 3.15. The monoisotopic (exact) mass is 386 g/mol.